The van der Waals surface area contributed by atoms with E-state index in [2.05, 4.69) is 10.2 Å². The van der Waals surface area contributed by atoms with E-state index >= 15 is 0 Å². The van der Waals surface area contributed by atoms with E-state index in [4.69, 9.17) is 37.7 Å². The van der Waals surface area contributed by atoms with Gasteiger partial charge >= 0.3 is 6.03 Å². The molecule has 0 spiro atoms. The largest absolute Gasteiger partial charge is 0.492 e. The lowest BCUT2D eigenvalue weighted by Gasteiger charge is -2.38. The summed E-state index contributed by atoms with van der Waals surface area (Å²) < 4.78 is 11.1. The lowest BCUT2D eigenvalue weighted by molar-refractivity contribution is -0.123. The number of ether oxygens (including phenoxy) is 2. The Morgan fingerprint density at radius 2 is 1.64 bits per heavy atom. The second kappa shape index (κ2) is 14.8. The molecule has 9 nitrogen and oxygen atoms in total. The lowest BCUT2D eigenvalue weighted by Crippen LogP contribution is -2.55. The third-order valence-electron chi connectivity index (χ3n) is 7.66. The molecule has 2 aliphatic heterocycles. The van der Waals surface area contributed by atoms with Crippen molar-refractivity contribution in [3.8, 4) is 5.75 Å². The maximum absolute atomic E-state index is 14.6. The van der Waals surface area contributed by atoms with Crippen LogP contribution in [0.5, 0.6) is 5.75 Å². The number of carbonyl (C=O) groups excluding carboxylic acids is 2. The summed E-state index contributed by atoms with van der Waals surface area (Å²) in [5, 5.41) is 6.15. The number of nitrogens with zero attached hydrogens (tertiary/aromatic N) is 4. The number of methoxy groups -OCH3 is 1. The molecule has 0 bridgehead atoms. The second-order valence-electron chi connectivity index (χ2n) is 10.8. The number of urea groups is 1. The van der Waals surface area contributed by atoms with Gasteiger partial charge in [-0.25, -0.2) is 4.79 Å². The van der Waals surface area contributed by atoms with Gasteiger partial charge in [-0.3, -0.25) is 19.6 Å². The molecular weight excluding hydrogens is 621 g/mol. The maximum Gasteiger partial charge on any atom is 0.326 e. The van der Waals surface area contributed by atoms with Gasteiger partial charge in [0.1, 0.15) is 16.7 Å². The van der Waals surface area contributed by atoms with E-state index in [1.165, 1.54) is 11.3 Å². The van der Waals surface area contributed by atoms with Crippen LogP contribution in [0.4, 0.5) is 4.79 Å². The minimum absolute atomic E-state index is 0.0574. The van der Waals surface area contributed by atoms with Crippen LogP contribution in [0, 0.1) is 0 Å². The molecule has 1 aromatic heterocycles. The van der Waals surface area contributed by atoms with Gasteiger partial charge in [-0.05, 0) is 60.7 Å². The van der Waals surface area contributed by atoms with Gasteiger partial charge in [0.25, 0.3) is 0 Å². The first-order valence-electron chi connectivity index (χ1n) is 14.7. The number of rotatable bonds is 10. The van der Waals surface area contributed by atoms with Crippen molar-refractivity contribution in [1.82, 2.24) is 20.0 Å². The number of carbonyl (C=O) groups is 2. The Morgan fingerprint density at radius 3 is 2.25 bits per heavy atom. The number of amidine groups is 1. The average molecular weight is 659 g/mol. The van der Waals surface area contributed by atoms with Gasteiger partial charge in [0.15, 0.2) is 5.84 Å². The number of piperazine rings is 1. The monoisotopic (exact) mass is 657 g/mol. The number of halogens is 2. The summed E-state index contributed by atoms with van der Waals surface area (Å²) in [6, 6.07) is 16.1. The van der Waals surface area contributed by atoms with Crippen molar-refractivity contribution in [1.29, 1.82) is 0 Å². The Hall–Kier alpha value is -3.15. The van der Waals surface area contributed by atoms with E-state index < -0.39 is 6.04 Å². The quantitative estimate of drug-likeness (QED) is 0.294. The summed E-state index contributed by atoms with van der Waals surface area (Å²) in [4.78, 5) is 38.9. The van der Waals surface area contributed by atoms with Crippen LogP contribution < -0.4 is 10.1 Å². The lowest BCUT2D eigenvalue weighted by atomic mass is 9.94. The number of nitrogens with one attached hydrogen (secondary N) is 1. The van der Waals surface area contributed by atoms with E-state index in [-0.39, 0.29) is 30.6 Å². The first kappa shape index (κ1) is 32.2. The fourth-order valence-electron chi connectivity index (χ4n) is 5.62. The van der Waals surface area contributed by atoms with Crippen molar-refractivity contribution < 1.29 is 19.1 Å². The normalized spacial score (nSPS) is 19.5. The van der Waals surface area contributed by atoms with Crippen molar-refractivity contribution in [3.05, 3.63) is 86.0 Å². The number of aliphatic imine (C=N–C) groups is 1. The van der Waals surface area contributed by atoms with E-state index in [0.717, 1.165) is 16.0 Å². The summed E-state index contributed by atoms with van der Waals surface area (Å²) in [6.07, 6.45) is 0. The molecule has 2 aliphatic rings. The molecule has 3 atom stereocenters. The molecule has 1 unspecified atom stereocenters. The smallest absolute Gasteiger partial charge is 0.326 e. The molecule has 3 aromatic rings. The minimum Gasteiger partial charge on any atom is -0.492 e. The van der Waals surface area contributed by atoms with Crippen LogP contribution >= 0.6 is 34.5 Å². The first-order valence-corrected chi connectivity index (χ1v) is 16.3. The van der Waals surface area contributed by atoms with Crippen LogP contribution in [0.1, 0.15) is 41.9 Å². The topological polar surface area (TPSA) is 86.7 Å². The molecule has 44 heavy (non-hydrogen) atoms. The molecule has 234 valence electrons. The average Bonchev–Trinajstić information content (AvgIpc) is 3.63. The summed E-state index contributed by atoms with van der Waals surface area (Å²) in [5.74, 6) is 1.21. The molecule has 12 heteroatoms. The van der Waals surface area contributed by atoms with Gasteiger partial charge in [-0.1, -0.05) is 47.5 Å². The number of hydrogen-bond acceptors (Lipinski definition) is 7. The summed E-state index contributed by atoms with van der Waals surface area (Å²) in [7, 11) is 1.61. The van der Waals surface area contributed by atoms with Crippen LogP contribution in [0.15, 0.2) is 65.0 Å². The zero-order valence-corrected chi connectivity index (χ0v) is 27.4. The number of benzene rings is 2. The second-order valence-corrected chi connectivity index (χ2v) is 12.6. The van der Waals surface area contributed by atoms with Gasteiger partial charge in [0.2, 0.25) is 5.91 Å². The molecule has 3 heterocycles. The van der Waals surface area contributed by atoms with Crippen LogP contribution in [-0.2, 0) is 9.53 Å². The zero-order chi connectivity index (χ0) is 31.2. The number of hydrogen-bond donors (Lipinski definition) is 1. The molecule has 2 aromatic carbocycles. The standard InChI is InChI=1S/C32H37Cl2N5O4S/c1-4-43-26-13-18-44-30(26)31-36-28(22-5-9-24(33)10-6-22)29(23-7-11-25(34)12-8-23)39(31)32(41)38-16-14-37(15-17-38)19-27(40)35-21(2)20-42-3/h5-13,18,21,28-29H,4,14-17,19-20H2,1-3H3,(H,35,40)/t21?,28-,29+/m0/s1. The highest BCUT2D eigenvalue weighted by Gasteiger charge is 2.45. The minimum atomic E-state index is -0.432. The van der Waals surface area contributed by atoms with Crippen molar-refractivity contribution >= 4 is 52.3 Å². The Kier molecular flexibility index (Phi) is 10.8. The van der Waals surface area contributed by atoms with Crippen LogP contribution in [-0.4, -0.2) is 91.6 Å². The SMILES string of the molecule is CCOc1ccsc1C1=N[C@@H](c2ccc(Cl)cc2)[C@@H](c2ccc(Cl)cc2)N1C(=O)N1CCN(CC(=O)NC(C)COC)CC1. The summed E-state index contributed by atoms with van der Waals surface area (Å²) in [6.45, 7) is 7.17. The summed E-state index contributed by atoms with van der Waals surface area (Å²) in [5.41, 5.74) is 1.85. The van der Waals surface area contributed by atoms with Crippen molar-refractivity contribution in [2.45, 2.75) is 32.0 Å². The van der Waals surface area contributed by atoms with Gasteiger partial charge in [-0.15, -0.1) is 11.3 Å². The Bertz CT molecular complexity index is 1460. The van der Waals surface area contributed by atoms with E-state index in [9.17, 15) is 9.59 Å². The van der Waals surface area contributed by atoms with E-state index in [1.807, 2.05) is 83.6 Å². The molecule has 0 saturated carbocycles. The highest BCUT2D eigenvalue weighted by Crippen LogP contribution is 2.46. The third-order valence-corrected chi connectivity index (χ3v) is 9.06. The predicted octanol–water partition coefficient (Wildman–Crippen LogP) is 5.89. The van der Waals surface area contributed by atoms with Gasteiger partial charge in [0, 0.05) is 49.4 Å². The highest BCUT2D eigenvalue weighted by atomic mass is 35.5. The fourth-order valence-corrected chi connectivity index (χ4v) is 6.70. The van der Waals surface area contributed by atoms with Crippen LogP contribution in [0.2, 0.25) is 10.0 Å². The van der Waals surface area contributed by atoms with E-state index in [1.54, 1.807) is 7.11 Å². The number of thiophene rings is 1. The Labute approximate surface area is 272 Å². The first-order chi connectivity index (χ1) is 21.3. The fraction of sp³-hybridized carbons (Fsp3) is 0.406. The van der Waals surface area contributed by atoms with E-state index in [0.29, 0.717) is 61.0 Å². The van der Waals surface area contributed by atoms with Gasteiger partial charge < -0.3 is 19.7 Å². The molecule has 0 aliphatic carbocycles. The van der Waals surface area contributed by atoms with Gasteiger partial charge in [0.05, 0.1) is 25.8 Å². The summed E-state index contributed by atoms with van der Waals surface area (Å²) >= 11 is 14.0. The molecule has 1 N–H and O–H groups in total. The Morgan fingerprint density at radius 1 is 1.00 bits per heavy atom. The number of amides is 3. The van der Waals surface area contributed by atoms with Gasteiger partial charge in [-0.2, -0.15) is 0 Å². The van der Waals surface area contributed by atoms with Crippen LogP contribution in [0.25, 0.3) is 0 Å². The molecular formula is C32H37Cl2N5O4S. The predicted molar refractivity (Wildman–Crippen MR) is 175 cm³/mol. The molecule has 1 fully saturated rings. The third kappa shape index (κ3) is 7.38. The molecule has 0 radical (unpaired) electrons. The zero-order valence-electron chi connectivity index (χ0n) is 25.0. The van der Waals surface area contributed by atoms with Crippen molar-refractivity contribution in [2.75, 3.05) is 53.0 Å². The van der Waals surface area contributed by atoms with Crippen molar-refractivity contribution in [2.24, 2.45) is 4.99 Å². The molecule has 3 amide bonds. The highest BCUT2D eigenvalue weighted by molar-refractivity contribution is 7.12. The molecule has 1 saturated heterocycles. The maximum atomic E-state index is 14.6. The van der Waals surface area contributed by atoms with Crippen molar-refractivity contribution in [3.63, 3.8) is 0 Å². The molecule has 5 rings (SSSR count). The Balaban J connectivity index is 1.45. The van der Waals surface area contributed by atoms with Crippen LogP contribution in [0.3, 0.4) is 0 Å².